The van der Waals surface area contributed by atoms with E-state index in [1.807, 2.05) is 24.3 Å². The molecule has 2 aromatic rings. The summed E-state index contributed by atoms with van der Waals surface area (Å²) < 4.78 is 5.28. The summed E-state index contributed by atoms with van der Waals surface area (Å²) in [4.78, 5) is 16.9. The normalized spacial score (nSPS) is 10.2. The average molecular weight is 293 g/mol. The van der Waals surface area contributed by atoms with E-state index in [2.05, 4.69) is 4.98 Å². The van der Waals surface area contributed by atoms with Crippen LogP contribution in [0.5, 0.6) is 5.75 Å². The molecule has 0 saturated carbocycles. The van der Waals surface area contributed by atoms with Crippen molar-refractivity contribution in [2.24, 2.45) is 0 Å². The summed E-state index contributed by atoms with van der Waals surface area (Å²) in [6, 6.07) is 10.1. The summed E-state index contributed by atoms with van der Waals surface area (Å²) in [5, 5.41) is 9.18. The van der Waals surface area contributed by atoms with Crippen molar-refractivity contribution >= 4 is 29.1 Å². The van der Waals surface area contributed by atoms with E-state index in [1.165, 1.54) is 12.1 Å². The fourth-order valence-corrected chi connectivity index (χ4v) is 2.01. The lowest BCUT2D eigenvalue weighted by molar-refractivity contribution is 0.0697. The predicted octanol–water partition coefficient (Wildman–Crippen LogP) is 3.21. The first kappa shape index (κ1) is 14.1. The first-order valence-corrected chi connectivity index (χ1v) is 6.18. The van der Waals surface area contributed by atoms with Crippen molar-refractivity contribution in [2.45, 2.75) is 0 Å². The van der Waals surface area contributed by atoms with Crippen molar-refractivity contribution in [1.82, 2.24) is 4.98 Å². The molecular weight excluding hydrogens is 280 g/mol. The molecule has 0 aliphatic rings. The molecule has 0 aliphatic heterocycles. The number of carbonyl (C=O) groups is 1. The highest BCUT2D eigenvalue weighted by molar-refractivity contribution is 6.29. The van der Waals surface area contributed by atoms with Gasteiger partial charge in [-0.15, -0.1) is 0 Å². The fourth-order valence-electron chi connectivity index (χ4n) is 1.81. The lowest BCUT2D eigenvalue weighted by Crippen LogP contribution is -2.13. The van der Waals surface area contributed by atoms with Crippen LogP contribution in [-0.2, 0) is 0 Å². The minimum absolute atomic E-state index is 0.0850. The molecule has 20 heavy (non-hydrogen) atoms. The second-order valence-electron chi connectivity index (χ2n) is 4.07. The van der Waals surface area contributed by atoms with Gasteiger partial charge in [0.2, 0.25) is 0 Å². The molecule has 0 bridgehead atoms. The molecule has 5 nitrogen and oxygen atoms in total. The van der Waals surface area contributed by atoms with E-state index in [0.717, 1.165) is 5.69 Å². The van der Waals surface area contributed by atoms with Crippen LogP contribution in [-0.4, -0.2) is 30.2 Å². The molecule has 0 saturated heterocycles. The van der Waals surface area contributed by atoms with Crippen molar-refractivity contribution in [2.75, 3.05) is 19.1 Å². The Bertz CT molecular complexity index is 646. The largest absolute Gasteiger partial charge is 0.495 e. The third-order valence-corrected chi connectivity index (χ3v) is 3.01. The average Bonchev–Trinajstić information content (AvgIpc) is 2.45. The Kier molecular flexibility index (Phi) is 4.10. The Morgan fingerprint density at radius 2 is 2.05 bits per heavy atom. The van der Waals surface area contributed by atoms with Gasteiger partial charge in [-0.05, 0) is 24.3 Å². The Morgan fingerprint density at radius 3 is 2.70 bits per heavy atom. The van der Waals surface area contributed by atoms with Gasteiger partial charge in [-0.25, -0.2) is 9.78 Å². The zero-order valence-corrected chi connectivity index (χ0v) is 11.8. The third-order valence-electron chi connectivity index (χ3n) is 2.82. The maximum atomic E-state index is 11.1. The predicted molar refractivity (Wildman–Crippen MR) is 77.3 cm³/mol. The maximum Gasteiger partial charge on any atom is 0.335 e. The number of pyridine rings is 1. The minimum atomic E-state index is -1.05. The summed E-state index contributed by atoms with van der Waals surface area (Å²) in [6.07, 6.45) is 0. The van der Waals surface area contributed by atoms with Crippen LogP contribution >= 0.6 is 11.6 Å². The number of hydrogen-bond donors (Lipinski definition) is 1. The molecule has 2 rings (SSSR count). The Morgan fingerprint density at radius 1 is 1.35 bits per heavy atom. The molecular formula is C14H13ClN2O3. The highest BCUT2D eigenvalue weighted by atomic mass is 35.5. The lowest BCUT2D eigenvalue weighted by atomic mass is 10.2. The number of ether oxygens (including phenoxy) is 1. The second kappa shape index (κ2) is 5.79. The Balaban J connectivity index is 2.47. The molecule has 0 aliphatic carbocycles. The van der Waals surface area contributed by atoms with Gasteiger partial charge in [0.15, 0.2) is 0 Å². The first-order chi connectivity index (χ1) is 9.52. The van der Waals surface area contributed by atoms with Crippen LogP contribution in [0.3, 0.4) is 0 Å². The third kappa shape index (κ3) is 2.83. The molecule has 6 heteroatoms. The zero-order chi connectivity index (χ0) is 14.7. The smallest absolute Gasteiger partial charge is 0.335 e. The first-order valence-electron chi connectivity index (χ1n) is 5.80. The quantitative estimate of drug-likeness (QED) is 0.877. The van der Waals surface area contributed by atoms with Crippen molar-refractivity contribution in [3.05, 3.63) is 47.1 Å². The lowest BCUT2D eigenvalue weighted by Gasteiger charge is -2.21. The number of rotatable bonds is 4. The molecule has 1 N–H and O–H groups in total. The van der Waals surface area contributed by atoms with Crippen molar-refractivity contribution in [3.8, 4) is 5.75 Å². The molecule has 0 radical (unpaired) electrons. The number of hydrogen-bond acceptors (Lipinski definition) is 4. The molecule has 0 spiro atoms. The van der Waals surface area contributed by atoms with Crippen LogP contribution < -0.4 is 9.64 Å². The van der Waals surface area contributed by atoms with E-state index in [1.54, 1.807) is 19.1 Å². The van der Waals surface area contributed by atoms with Crippen molar-refractivity contribution in [1.29, 1.82) is 0 Å². The van der Waals surface area contributed by atoms with E-state index >= 15 is 0 Å². The molecule has 1 heterocycles. The van der Waals surface area contributed by atoms with Gasteiger partial charge in [0, 0.05) is 7.05 Å². The summed E-state index contributed by atoms with van der Waals surface area (Å²) in [7, 11) is 3.34. The standard InChI is InChI=1S/C14H13ClN2O3/c1-17(10-5-3-4-6-11(10)20-2)13-8-9(14(18)19)7-12(15)16-13/h3-8H,1-2H3,(H,18,19). The monoisotopic (exact) mass is 292 g/mol. The minimum Gasteiger partial charge on any atom is -0.495 e. The fraction of sp³-hybridized carbons (Fsp3) is 0.143. The number of para-hydroxylation sites is 2. The van der Waals surface area contributed by atoms with Gasteiger partial charge in [-0.1, -0.05) is 23.7 Å². The molecule has 0 unspecified atom stereocenters. The number of halogens is 1. The number of methoxy groups -OCH3 is 1. The van der Waals surface area contributed by atoms with Gasteiger partial charge in [0.25, 0.3) is 0 Å². The van der Waals surface area contributed by atoms with Crippen molar-refractivity contribution in [3.63, 3.8) is 0 Å². The van der Waals surface area contributed by atoms with E-state index in [4.69, 9.17) is 21.4 Å². The van der Waals surface area contributed by atoms with Gasteiger partial charge < -0.3 is 14.7 Å². The summed E-state index contributed by atoms with van der Waals surface area (Å²) >= 11 is 5.87. The van der Waals surface area contributed by atoms with Crippen LogP contribution in [0, 0.1) is 0 Å². The second-order valence-corrected chi connectivity index (χ2v) is 4.46. The summed E-state index contributed by atoms with van der Waals surface area (Å²) in [5.41, 5.74) is 0.850. The molecule has 1 aromatic carbocycles. The maximum absolute atomic E-state index is 11.1. The van der Waals surface area contributed by atoms with E-state index < -0.39 is 5.97 Å². The van der Waals surface area contributed by atoms with E-state index in [0.29, 0.717) is 11.6 Å². The highest BCUT2D eigenvalue weighted by Crippen LogP contribution is 2.32. The SMILES string of the molecule is COc1ccccc1N(C)c1cc(C(=O)O)cc(Cl)n1. The Labute approximate surface area is 121 Å². The zero-order valence-electron chi connectivity index (χ0n) is 11.0. The highest BCUT2D eigenvalue weighted by Gasteiger charge is 2.14. The van der Waals surface area contributed by atoms with Crippen LogP contribution in [0.15, 0.2) is 36.4 Å². The number of carboxylic acids is 1. The number of aromatic carboxylic acids is 1. The number of benzene rings is 1. The topological polar surface area (TPSA) is 62.7 Å². The molecule has 104 valence electrons. The van der Waals surface area contributed by atoms with Gasteiger partial charge >= 0.3 is 5.97 Å². The summed E-state index contributed by atoms with van der Waals surface area (Å²) in [5.74, 6) is 0.0389. The van der Waals surface area contributed by atoms with Gasteiger partial charge in [0.1, 0.15) is 16.7 Å². The van der Waals surface area contributed by atoms with Gasteiger partial charge in [0.05, 0.1) is 18.4 Å². The molecule has 0 fully saturated rings. The van der Waals surface area contributed by atoms with Gasteiger partial charge in [-0.2, -0.15) is 0 Å². The van der Waals surface area contributed by atoms with Crippen LogP contribution in [0.25, 0.3) is 0 Å². The van der Waals surface area contributed by atoms with E-state index in [9.17, 15) is 4.79 Å². The van der Waals surface area contributed by atoms with Crippen LogP contribution in [0.2, 0.25) is 5.15 Å². The molecule has 1 aromatic heterocycles. The molecule has 0 amide bonds. The van der Waals surface area contributed by atoms with Crippen molar-refractivity contribution < 1.29 is 14.6 Å². The number of aromatic nitrogens is 1. The van der Waals surface area contributed by atoms with Crippen LogP contribution in [0.4, 0.5) is 11.5 Å². The summed E-state index contributed by atoms with van der Waals surface area (Å²) in [6.45, 7) is 0. The van der Waals surface area contributed by atoms with Gasteiger partial charge in [-0.3, -0.25) is 0 Å². The Hall–Kier alpha value is -2.27. The number of anilines is 2. The number of nitrogens with zero attached hydrogens (tertiary/aromatic N) is 2. The van der Waals surface area contributed by atoms with E-state index in [-0.39, 0.29) is 10.7 Å². The van der Waals surface area contributed by atoms with Crippen LogP contribution in [0.1, 0.15) is 10.4 Å². The molecule has 0 atom stereocenters. The number of carboxylic acid groups (broad SMARTS) is 1.